The fourth-order valence-corrected chi connectivity index (χ4v) is 4.06. The van der Waals surface area contributed by atoms with E-state index in [2.05, 4.69) is 34.3 Å². The third kappa shape index (κ3) is 3.51. The maximum absolute atomic E-state index is 11.2. The van der Waals surface area contributed by atoms with Crippen molar-refractivity contribution >= 4 is 33.2 Å². The van der Waals surface area contributed by atoms with Crippen LogP contribution in [0.1, 0.15) is 11.6 Å². The van der Waals surface area contributed by atoms with E-state index in [0.29, 0.717) is 11.7 Å². The molecule has 1 heterocycles. The maximum atomic E-state index is 11.2. The van der Waals surface area contributed by atoms with Crippen LogP contribution < -0.4 is 10.0 Å². The molecule has 21 heavy (non-hydrogen) atoms. The lowest BCUT2D eigenvalue weighted by atomic mass is 10.1. The van der Waals surface area contributed by atoms with Crippen LogP contribution >= 0.6 is 11.8 Å². The predicted molar refractivity (Wildman–Crippen MR) is 88.4 cm³/mol. The Morgan fingerprint density at radius 2 is 1.71 bits per heavy atom. The highest BCUT2D eigenvalue weighted by Gasteiger charge is 2.22. The lowest BCUT2D eigenvalue weighted by molar-refractivity contribution is 0.607. The van der Waals surface area contributed by atoms with Crippen molar-refractivity contribution in [1.29, 1.82) is 0 Å². The summed E-state index contributed by atoms with van der Waals surface area (Å²) in [5.41, 5.74) is 2.88. The molecule has 0 aromatic heterocycles. The molecule has 6 heteroatoms. The molecule has 1 aliphatic heterocycles. The molecule has 0 aliphatic carbocycles. The van der Waals surface area contributed by atoms with E-state index < -0.39 is 10.0 Å². The highest BCUT2D eigenvalue weighted by molar-refractivity contribution is 7.99. The minimum atomic E-state index is -3.23. The molecule has 2 N–H and O–H groups in total. The van der Waals surface area contributed by atoms with Crippen molar-refractivity contribution < 1.29 is 8.42 Å². The topological polar surface area (TPSA) is 58.2 Å². The molecule has 0 radical (unpaired) electrons. The summed E-state index contributed by atoms with van der Waals surface area (Å²) in [5.74, 6) is 1.00. The first kappa shape index (κ1) is 14.3. The van der Waals surface area contributed by atoms with E-state index in [1.54, 1.807) is 12.1 Å². The van der Waals surface area contributed by atoms with Crippen molar-refractivity contribution in [3.63, 3.8) is 0 Å². The normalized spacial score (nSPS) is 17.3. The molecule has 1 aliphatic rings. The first-order valence-electron chi connectivity index (χ1n) is 6.57. The highest BCUT2D eigenvalue weighted by atomic mass is 32.2. The number of thioether (sulfide) groups is 1. The van der Waals surface area contributed by atoms with Gasteiger partial charge < -0.3 is 5.32 Å². The summed E-state index contributed by atoms with van der Waals surface area (Å²) in [6.45, 7) is 0. The molecule has 0 saturated heterocycles. The Balaban J connectivity index is 1.72. The van der Waals surface area contributed by atoms with Crippen LogP contribution in [0.25, 0.3) is 0 Å². The number of benzene rings is 2. The molecular formula is C15H16N2O2S2. The molecule has 1 unspecified atom stereocenters. The highest BCUT2D eigenvalue weighted by Crippen LogP contribution is 2.39. The van der Waals surface area contributed by atoms with Crippen LogP contribution in [0.4, 0.5) is 11.4 Å². The zero-order chi connectivity index (χ0) is 14.9. The Hall–Kier alpha value is -1.66. The molecule has 3 rings (SSSR count). The molecular weight excluding hydrogens is 304 g/mol. The third-order valence-corrected chi connectivity index (χ3v) is 5.02. The van der Waals surface area contributed by atoms with Crippen molar-refractivity contribution in [3.05, 3.63) is 54.1 Å². The molecule has 2 aromatic rings. The van der Waals surface area contributed by atoms with Crippen LogP contribution in [0.5, 0.6) is 0 Å². The Morgan fingerprint density at radius 3 is 2.43 bits per heavy atom. The number of hydrogen-bond donors (Lipinski definition) is 2. The second-order valence-electron chi connectivity index (χ2n) is 5.00. The van der Waals surface area contributed by atoms with Gasteiger partial charge in [-0.05, 0) is 35.9 Å². The van der Waals surface area contributed by atoms with E-state index in [4.69, 9.17) is 0 Å². The van der Waals surface area contributed by atoms with Crippen molar-refractivity contribution in [1.82, 2.24) is 0 Å². The number of hydrogen-bond acceptors (Lipinski definition) is 4. The van der Waals surface area contributed by atoms with Crippen molar-refractivity contribution in [2.75, 3.05) is 22.0 Å². The smallest absolute Gasteiger partial charge is 0.229 e. The van der Waals surface area contributed by atoms with E-state index in [1.807, 2.05) is 23.9 Å². The first-order valence-corrected chi connectivity index (χ1v) is 9.45. The summed E-state index contributed by atoms with van der Waals surface area (Å²) in [4.78, 5) is 1.32. The van der Waals surface area contributed by atoms with Gasteiger partial charge in [-0.15, -0.1) is 11.8 Å². The lowest BCUT2D eigenvalue weighted by Crippen LogP contribution is -2.11. The van der Waals surface area contributed by atoms with E-state index in [9.17, 15) is 8.42 Å². The van der Waals surface area contributed by atoms with Gasteiger partial charge >= 0.3 is 0 Å². The SMILES string of the molecule is CS(=O)(=O)Nc1ccc(NC2CSc3ccccc32)cc1. The molecule has 110 valence electrons. The predicted octanol–water partition coefficient (Wildman–Crippen LogP) is 3.32. The van der Waals surface area contributed by atoms with Crippen molar-refractivity contribution in [2.24, 2.45) is 0 Å². The molecule has 0 saturated carbocycles. The first-order chi connectivity index (χ1) is 10.0. The second kappa shape index (κ2) is 5.61. The molecule has 0 bridgehead atoms. The minimum Gasteiger partial charge on any atom is -0.377 e. The zero-order valence-electron chi connectivity index (χ0n) is 11.5. The Kier molecular flexibility index (Phi) is 3.82. The Morgan fingerprint density at radius 1 is 1.05 bits per heavy atom. The summed E-state index contributed by atoms with van der Waals surface area (Å²) in [5, 5.41) is 3.49. The van der Waals surface area contributed by atoms with Crippen LogP contribution in [-0.2, 0) is 10.0 Å². The van der Waals surface area contributed by atoms with Crippen LogP contribution in [-0.4, -0.2) is 20.4 Å². The Bertz CT molecular complexity index is 743. The Labute approximate surface area is 129 Å². The van der Waals surface area contributed by atoms with E-state index in [1.165, 1.54) is 10.5 Å². The average Bonchev–Trinajstić information content (AvgIpc) is 2.83. The summed E-state index contributed by atoms with van der Waals surface area (Å²) >= 11 is 1.85. The van der Waals surface area contributed by atoms with Gasteiger partial charge in [-0.1, -0.05) is 18.2 Å². The minimum absolute atomic E-state index is 0.292. The van der Waals surface area contributed by atoms with Crippen LogP contribution in [0.15, 0.2) is 53.4 Å². The second-order valence-corrected chi connectivity index (χ2v) is 7.81. The van der Waals surface area contributed by atoms with Gasteiger partial charge in [0.05, 0.1) is 12.3 Å². The lowest BCUT2D eigenvalue weighted by Gasteiger charge is -2.15. The van der Waals surface area contributed by atoms with Gasteiger partial charge in [0.1, 0.15) is 0 Å². The molecule has 4 nitrogen and oxygen atoms in total. The van der Waals surface area contributed by atoms with E-state index in [0.717, 1.165) is 17.7 Å². The number of anilines is 2. The fraction of sp³-hybridized carbons (Fsp3) is 0.200. The number of nitrogens with one attached hydrogen (secondary N) is 2. The number of rotatable bonds is 4. The molecule has 0 amide bonds. The van der Waals surface area contributed by atoms with Gasteiger partial charge in [0, 0.05) is 22.0 Å². The van der Waals surface area contributed by atoms with Gasteiger partial charge in [0.25, 0.3) is 0 Å². The quantitative estimate of drug-likeness (QED) is 0.907. The van der Waals surface area contributed by atoms with Crippen molar-refractivity contribution in [2.45, 2.75) is 10.9 Å². The van der Waals surface area contributed by atoms with Crippen LogP contribution in [0, 0.1) is 0 Å². The zero-order valence-corrected chi connectivity index (χ0v) is 13.2. The average molecular weight is 320 g/mol. The van der Waals surface area contributed by atoms with Crippen molar-refractivity contribution in [3.8, 4) is 0 Å². The summed E-state index contributed by atoms with van der Waals surface area (Å²) in [6.07, 6.45) is 1.14. The van der Waals surface area contributed by atoms with Gasteiger partial charge in [-0.2, -0.15) is 0 Å². The largest absolute Gasteiger partial charge is 0.377 e. The monoisotopic (exact) mass is 320 g/mol. The molecule has 2 aromatic carbocycles. The standard InChI is InChI=1S/C15H16N2O2S2/c1-21(18,19)17-12-8-6-11(7-9-12)16-14-10-20-15-5-3-2-4-13(14)15/h2-9,14,16-17H,10H2,1H3. The molecule has 0 spiro atoms. The van der Waals surface area contributed by atoms with Crippen LogP contribution in [0.2, 0.25) is 0 Å². The summed E-state index contributed by atoms with van der Waals surface area (Å²) in [7, 11) is -3.23. The van der Waals surface area contributed by atoms with Gasteiger partial charge in [0.15, 0.2) is 0 Å². The van der Waals surface area contributed by atoms with Gasteiger partial charge in [-0.25, -0.2) is 8.42 Å². The molecule has 0 fully saturated rings. The maximum Gasteiger partial charge on any atom is 0.229 e. The summed E-state index contributed by atoms with van der Waals surface area (Å²) < 4.78 is 24.8. The van der Waals surface area contributed by atoms with E-state index in [-0.39, 0.29) is 0 Å². The van der Waals surface area contributed by atoms with E-state index >= 15 is 0 Å². The third-order valence-electron chi connectivity index (χ3n) is 3.23. The number of sulfonamides is 1. The molecule has 1 atom stereocenters. The van der Waals surface area contributed by atoms with Crippen LogP contribution in [0.3, 0.4) is 0 Å². The van der Waals surface area contributed by atoms with Gasteiger partial charge in [0.2, 0.25) is 10.0 Å². The summed E-state index contributed by atoms with van der Waals surface area (Å²) in [6, 6.07) is 16.0. The number of fused-ring (bicyclic) bond motifs is 1. The van der Waals surface area contributed by atoms with Gasteiger partial charge in [-0.3, -0.25) is 4.72 Å². The fourth-order valence-electron chi connectivity index (χ4n) is 2.33.